The summed E-state index contributed by atoms with van der Waals surface area (Å²) >= 11 is 0. The van der Waals surface area contributed by atoms with E-state index in [0.29, 0.717) is 17.9 Å². The van der Waals surface area contributed by atoms with Crippen LogP contribution < -0.4 is 0 Å². The molecule has 1 N–H and O–H groups in total. The summed E-state index contributed by atoms with van der Waals surface area (Å²) in [4.78, 5) is 28.0. The molecule has 0 bridgehead atoms. The molecule has 2 aliphatic heterocycles. The molecule has 3 rings (SSSR count). The predicted octanol–water partition coefficient (Wildman–Crippen LogP) is 2.97. The van der Waals surface area contributed by atoms with Crippen LogP contribution >= 0.6 is 0 Å². The zero-order valence-corrected chi connectivity index (χ0v) is 14.8. The maximum atomic E-state index is 12.6. The molecule has 25 heavy (non-hydrogen) atoms. The molecule has 2 aliphatic rings. The predicted molar refractivity (Wildman–Crippen MR) is 96.9 cm³/mol. The third-order valence-electron chi connectivity index (χ3n) is 5.49. The largest absolute Gasteiger partial charge is 0.478 e. The Balaban J connectivity index is 1.53. The molecule has 2 saturated heterocycles. The number of carbonyl (C=O) groups excluding carboxylic acids is 1. The van der Waals surface area contributed by atoms with Crippen LogP contribution in [0.3, 0.4) is 0 Å². The first-order valence-corrected chi connectivity index (χ1v) is 9.47. The van der Waals surface area contributed by atoms with Crippen LogP contribution in [0.5, 0.6) is 0 Å². The molecule has 2 fully saturated rings. The van der Waals surface area contributed by atoms with Crippen molar-refractivity contribution in [1.82, 2.24) is 9.80 Å². The van der Waals surface area contributed by atoms with E-state index < -0.39 is 5.97 Å². The summed E-state index contributed by atoms with van der Waals surface area (Å²) in [5, 5.41) is 9.01. The first-order valence-electron chi connectivity index (χ1n) is 9.47. The lowest BCUT2D eigenvalue weighted by Crippen LogP contribution is -2.41. The van der Waals surface area contributed by atoms with E-state index in [2.05, 4.69) is 4.90 Å². The quantitative estimate of drug-likeness (QED) is 0.892. The Morgan fingerprint density at radius 3 is 2.40 bits per heavy atom. The summed E-state index contributed by atoms with van der Waals surface area (Å²) in [6, 6.07) is 7.12. The highest BCUT2D eigenvalue weighted by Crippen LogP contribution is 2.27. The number of carbonyl (C=O) groups is 2. The molecule has 0 unspecified atom stereocenters. The number of hydrogen-bond donors (Lipinski definition) is 1. The highest BCUT2D eigenvalue weighted by atomic mass is 16.4. The normalized spacial score (nSPS) is 21.9. The van der Waals surface area contributed by atoms with E-state index in [1.807, 2.05) is 17.0 Å². The number of piperidine rings is 2. The zero-order valence-electron chi connectivity index (χ0n) is 14.8. The number of aromatic carboxylic acids is 1. The van der Waals surface area contributed by atoms with E-state index in [0.717, 1.165) is 51.1 Å². The van der Waals surface area contributed by atoms with Crippen molar-refractivity contribution in [3.05, 3.63) is 35.4 Å². The molecular formula is C20H28N2O3. The van der Waals surface area contributed by atoms with Crippen molar-refractivity contribution in [2.45, 2.75) is 44.4 Å². The highest BCUT2D eigenvalue weighted by Gasteiger charge is 2.25. The van der Waals surface area contributed by atoms with Crippen LogP contribution in [0, 0.1) is 0 Å². The van der Waals surface area contributed by atoms with E-state index in [-0.39, 0.29) is 5.91 Å². The van der Waals surface area contributed by atoms with E-state index in [1.165, 1.54) is 19.3 Å². The van der Waals surface area contributed by atoms with Crippen LogP contribution in [0.2, 0.25) is 0 Å². The Hall–Kier alpha value is -1.88. The maximum absolute atomic E-state index is 12.6. The zero-order chi connectivity index (χ0) is 17.6. The third-order valence-corrected chi connectivity index (χ3v) is 5.49. The number of carboxylic acids is 1. The minimum atomic E-state index is -0.898. The number of amides is 1. The van der Waals surface area contributed by atoms with Gasteiger partial charge in [0.15, 0.2) is 0 Å². The monoisotopic (exact) mass is 344 g/mol. The smallest absolute Gasteiger partial charge is 0.335 e. The van der Waals surface area contributed by atoms with Crippen molar-refractivity contribution in [2.75, 3.05) is 32.7 Å². The molecule has 1 atom stereocenters. The fraction of sp³-hybridized carbons (Fsp3) is 0.600. The van der Waals surface area contributed by atoms with E-state index in [1.54, 1.807) is 12.1 Å². The Morgan fingerprint density at radius 1 is 1.00 bits per heavy atom. The number of likely N-dealkylation sites (tertiary alicyclic amines) is 2. The lowest BCUT2D eigenvalue weighted by Gasteiger charge is -2.34. The van der Waals surface area contributed by atoms with Crippen LogP contribution in [-0.2, 0) is 4.79 Å². The lowest BCUT2D eigenvalue weighted by atomic mass is 9.90. The summed E-state index contributed by atoms with van der Waals surface area (Å²) < 4.78 is 0. The van der Waals surface area contributed by atoms with Crippen molar-refractivity contribution in [1.29, 1.82) is 0 Å². The Morgan fingerprint density at radius 2 is 1.72 bits per heavy atom. The number of nitrogens with zero attached hydrogens (tertiary/aromatic N) is 2. The van der Waals surface area contributed by atoms with Crippen LogP contribution in [0.4, 0.5) is 0 Å². The Bertz CT molecular complexity index is 593. The SMILES string of the molecule is O=C(O)c1ccc([C@H]2CCCN(C(=O)CCN3CCCCC3)C2)cc1. The van der Waals surface area contributed by atoms with Crippen molar-refractivity contribution in [2.24, 2.45) is 0 Å². The molecule has 0 aliphatic carbocycles. The molecule has 0 saturated carbocycles. The Labute approximate surface area is 149 Å². The van der Waals surface area contributed by atoms with E-state index in [9.17, 15) is 9.59 Å². The van der Waals surface area contributed by atoms with Gasteiger partial charge in [0.1, 0.15) is 0 Å². The van der Waals surface area contributed by atoms with Gasteiger partial charge in [-0.05, 0) is 56.5 Å². The van der Waals surface area contributed by atoms with Gasteiger partial charge in [-0.25, -0.2) is 4.79 Å². The van der Waals surface area contributed by atoms with Gasteiger partial charge in [-0.15, -0.1) is 0 Å². The Kier molecular flexibility index (Phi) is 6.08. The van der Waals surface area contributed by atoms with Crippen LogP contribution in [-0.4, -0.2) is 59.5 Å². The van der Waals surface area contributed by atoms with Gasteiger partial charge in [-0.2, -0.15) is 0 Å². The molecular weight excluding hydrogens is 316 g/mol. The second-order valence-electron chi connectivity index (χ2n) is 7.26. The number of benzene rings is 1. The second-order valence-corrected chi connectivity index (χ2v) is 7.26. The molecule has 0 aromatic heterocycles. The summed E-state index contributed by atoms with van der Waals surface area (Å²) in [7, 11) is 0. The number of carboxylic acid groups (broad SMARTS) is 1. The molecule has 1 aromatic carbocycles. The van der Waals surface area contributed by atoms with Gasteiger partial charge in [-0.1, -0.05) is 18.6 Å². The van der Waals surface area contributed by atoms with Gasteiger partial charge in [0.2, 0.25) is 5.91 Å². The number of hydrogen-bond acceptors (Lipinski definition) is 3. The molecule has 136 valence electrons. The van der Waals surface area contributed by atoms with Crippen LogP contribution in [0.1, 0.15) is 60.4 Å². The van der Waals surface area contributed by atoms with Gasteiger partial charge < -0.3 is 14.9 Å². The summed E-state index contributed by atoms with van der Waals surface area (Å²) in [6.07, 6.45) is 6.52. The summed E-state index contributed by atoms with van der Waals surface area (Å²) in [5.41, 5.74) is 1.45. The van der Waals surface area contributed by atoms with Gasteiger partial charge in [-0.3, -0.25) is 4.79 Å². The van der Waals surface area contributed by atoms with E-state index in [4.69, 9.17) is 5.11 Å². The fourth-order valence-electron chi connectivity index (χ4n) is 3.97. The molecule has 1 aromatic rings. The third kappa shape index (κ3) is 4.82. The minimum Gasteiger partial charge on any atom is -0.478 e. The molecule has 0 radical (unpaired) electrons. The molecule has 0 spiro atoms. The van der Waals surface area contributed by atoms with Crippen molar-refractivity contribution in [3.8, 4) is 0 Å². The first-order chi connectivity index (χ1) is 12.1. The molecule has 5 nitrogen and oxygen atoms in total. The minimum absolute atomic E-state index is 0.262. The van der Waals surface area contributed by atoms with Gasteiger partial charge in [0, 0.05) is 32.0 Å². The lowest BCUT2D eigenvalue weighted by molar-refractivity contribution is -0.132. The van der Waals surface area contributed by atoms with E-state index >= 15 is 0 Å². The number of rotatable bonds is 5. The first kappa shape index (κ1) is 17.9. The fourth-order valence-corrected chi connectivity index (χ4v) is 3.97. The standard InChI is InChI=1S/C20H28N2O3/c23-19(10-14-21-11-2-1-3-12-21)22-13-4-5-18(15-22)16-6-8-17(9-7-16)20(24)25/h6-9,18H,1-5,10-15H2,(H,24,25)/t18-/m0/s1. The maximum Gasteiger partial charge on any atom is 0.335 e. The van der Waals surface area contributed by atoms with Crippen LogP contribution in [0.25, 0.3) is 0 Å². The van der Waals surface area contributed by atoms with Gasteiger partial charge in [0.05, 0.1) is 5.56 Å². The second kappa shape index (κ2) is 8.48. The van der Waals surface area contributed by atoms with Gasteiger partial charge >= 0.3 is 5.97 Å². The van der Waals surface area contributed by atoms with Crippen molar-refractivity contribution >= 4 is 11.9 Å². The summed E-state index contributed by atoms with van der Waals surface area (Å²) in [6.45, 7) is 4.75. The van der Waals surface area contributed by atoms with Gasteiger partial charge in [0.25, 0.3) is 0 Å². The topological polar surface area (TPSA) is 60.9 Å². The average molecular weight is 344 g/mol. The van der Waals surface area contributed by atoms with Crippen molar-refractivity contribution < 1.29 is 14.7 Å². The molecule has 2 heterocycles. The highest BCUT2D eigenvalue weighted by molar-refractivity contribution is 5.87. The van der Waals surface area contributed by atoms with Crippen LogP contribution in [0.15, 0.2) is 24.3 Å². The summed E-state index contributed by atoms with van der Waals surface area (Å²) in [5.74, 6) is -0.322. The molecule has 1 amide bonds. The molecule has 5 heteroatoms. The average Bonchev–Trinajstić information content (AvgIpc) is 2.67. The van der Waals surface area contributed by atoms with Crippen molar-refractivity contribution in [3.63, 3.8) is 0 Å².